The molecule has 0 aliphatic carbocycles. The maximum atomic E-state index is 13.9. The lowest BCUT2D eigenvalue weighted by atomic mass is 10.1. The molecule has 0 aliphatic rings. The molecule has 0 radical (unpaired) electrons. The third kappa shape index (κ3) is 4.69. The van der Waals surface area contributed by atoms with E-state index in [-0.39, 0.29) is 18.0 Å². The second-order valence-electron chi connectivity index (χ2n) is 7.70. The first-order valence-corrected chi connectivity index (χ1v) is 10.7. The fraction of sp³-hybridized carbons (Fsp3) is 0.286. The highest BCUT2D eigenvalue weighted by atomic mass is 32.2. The topological polar surface area (TPSA) is 97.6 Å². The molecule has 3 rings (SSSR count). The second kappa shape index (κ2) is 8.17. The van der Waals surface area contributed by atoms with Crippen LogP contribution in [0.4, 0.5) is 9.18 Å². The Balaban J connectivity index is 2.05. The van der Waals surface area contributed by atoms with Gasteiger partial charge in [0.25, 0.3) is 0 Å². The van der Waals surface area contributed by atoms with Crippen molar-refractivity contribution in [2.24, 2.45) is 0 Å². The number of fused-ring (bicyclic) bond motifs is 1. The molecule has 30 heavy (non-hydrogen) atoms. The van der Waals surface area contributed by atoms with Crippen LogP contribution >= 0.6 is 0 Å². The number of aliphatic hydroxyl groups is 1. The summed E-state index contributed by atoms with van der Waals surface area (Å²) in [5, 5.41) is 9.43. The number of ether oxygens (including phenoxy) is 1. The van der Waals surface area contributed by atoms with Crippen LogP contribution in [0.25, 0.3) is 22.0 Å². The summed E-state index contributed by atoms with van der Waals surface area (Å²) in [7, 11) is -3.74. The normalized spacial score (nSPS) is 12.3. The standard InChI is InChI=1S/C21H23FN2O5S/c1-21(2,3)29-20(26)24-13-18(17-9-6-15(22)12-19(17)24)14-4-7-16(8-5-14)30(27,28)23-10-11-25/h4-9,12-13,23,25H,10-11H2,1-3H3. The number of nitrogens with one attached hydrogen (secondary N) is 1. The summed E-state index contributed by atoms with van der Waals surface area (Å²) in [6.07, 6.45) is 0.905. The van der Waals surface area contributed by atoms with Gasteiger partial charge < -0.3 is 9.84 Å². The molecular weight excluding hydrogens is 411 g/mol. The molecule has 2 N–H and O–H groups in total. The summed E-state index contributed by atoms with van der Waals surface area (Å²) >= 11 is 0. The highest BCUT2D eigenvalue weighted by molar-refractivity contribution is 7.89. The number of rotatable bonds is 5. The Morgan fingerprint density at radius 3 is 2.43 bits per heavy atom. The number of aromatic nitrogens is 1. The number of nitrogens with zero attached hydrogens (tertiary/aromatic N) is 1. The van der Waals surface area contributed by atoms with Crippen LogP contribution in [-0.2, 0) is 14.8 Å². The van der Waals surface area contributed by atoms with E-state index in [1.807, 2.05) is 0 Å². The molecule has 3 aromatic rings. The van der Waals surface area contributed by atoms with Gasteiger partial charge in [-0.3, -0.25) is 4.57 Å². The number of hydrogen-bond donors (Lipinski definition) is 2. The van der Waals surface area contributed by atoms with E-state index in [0.29, 0.717) is 22.0 Å². The predicted molar refractivity (Wildman–Crippen MR) is 111 cm³/mol. The molecule has 1 heterocycles. The lowest BCUT2D eigenvalue weighted by Crippen LogP contribution is -2.26. The number of aliphatic hydroxyl groups excluding tert-OH is 1. The van der Waals surface area contributed by atoms with Crippen molar-refractivity contribution in [3.8, 4) is 11.1 Å². The smallest absolute Gasteiger partial charge is 0.419 e. The zero-order valence-electron chi connectivity index (χ0n) is 16.8. The van der Waals surface area contributed by atoms with Gasteiger partial charge in [-0.25, -0.2) is 22.3 Å². The SMILES string of the molecule is CC(C)(C)OC(=O)n1cc(-c2ccc(S(=O)(=O)NCCO)cc2)c2ccc(F)cc21. The average molecular weight is 434 g/mol. The molecule has 0 saturated heterocycles. The highest BCUT2D eigenvalue weighted by Gasteiger charge is 2.22. The van der Waals surface area contributed by atoms with Crippen molar-refractivity contribution in [1.82, 2.24) is 9.29 Å². The van der Waals surface area contributed by atoms with Crippen LogP contribution in [0, 0.1) is 5.82 Å². The highest BCUT2D eigenvalue weighted by Crippen LogP contribution is 2.32. The predicted octanol–water partition coefficient (Wildman–Crippen LogP) is 3.50. The van der Waals surface area contributed by atoms with Gasteiger partial charge in [0, 0.05) is 23.7 Å². The minimum atomic E-state index is -3.74. The van der Waals surface area contributed by atoms with Crippen molar-refractivity contribution in [2.75, 3.05) is 13.2 Å². The average Bonchev–Trinajstić information content (AvgIpc) is 3.04. The van der Waals surface area contributed by atoms with Crippen LogP contribution in [-0.4, -0.2) is 42.9 Å². The molecule has 9 heteroatoms. The number of carbonyl (C=O) groups excluding carboxylic acids is 1. The summed E-state index contributed by atoms with van der Waals surface area (Å²) in [5.41, 5.74) is 0.900. The summed E-state index contributed by atoms with van der Waals surface area (Å²) in [6.45, 7) is 4.82. The molecule has 0 fully saturated rings. The van der Waals surface area contributed by atoms with Crippen molar-refractivity contribution in [3.05, 3.63) is 54.5 Å². The molecule has 0 unspecified atom stereocenters. The first-order valence-electron chi connectivity index (χ1n) is 9.27. The molecule has 7 nitrogen and oxygen atoms in total. The number of benzene rings is 2. The summed E-state index contributed by atoms with van der Waals surface area (Å²) in [5.74, 6) is -0.492. The fourth-order valence-electron chi connectivity index (χ4n) is 2.97. The molecule has 0 aliphatic heterocycles. The lowest BCUT2D eigenvalue weighted by Gasteiger charge is -2.19. The van der Waals surface area contributed by atoms with Gasteiger partial charge in [0.15, 0.2) is 0 Å². The summed E-state index contributed by atoms with van der Waals surface area (Å²) < 4.78 is 47.2. The lowest BCUT2D eigenvalue weighted by molar-refractivity contribution is 0.0544. The molecule has 160 valence electrons. The minimum absolute atomic E-state index is 0.0432. The fourth-order valence-corrected chi connectivity index (χ4v) is 3.99. The van der Waals surface area contributed by atoms with E-state index >= 15 is 0 Å². The zero-order valence-corrected chi connectivity index (χ0v) is 17.7. The van der Waals surface area contributed by atoms with Crippen LogP contribution in [0.1, 0.15) is 20.8 Å². The zero-order chi connectivity index (χ0) is 22.1. The Kier molecular flexibility index (Phi) is 5.98. The first kappa shape index (κ1) is 21.9. The van der Waals surface area contributed by atoms with Crippen LogP contribution in [0.3, 0.4) is 0 Å². The molecular formula is C21H23FN2O5S. The Labute approximate surface area is 174 Å². The quantitative estimate of drug-likeness (QED) is 0.641. The Bertz CT molecular complexity index is 1180. The van der Waals surface area contributed by atoms with E-state index in [1.165, 1.54) is 28.8 Å². The van der Waals surface area contributed by atoms with Crippen molar-refractivity contribution < 1.29 is 27.4 Å². The van der Waals surface area contributed by atoms with Crippen molar-refractivity contribution in [3.63, 3.8) is 0 Å². The number of halogens is 1. The van der Waals surface area contributed by atoms with Gasteiger partial charge in [-0.2, -0.15) is 0 Å². The van der Waals surface area contributed by atoms with Gasteiger partial charge in [0.1, 0.15) is 11.4 Å². The monoisotopic (exact) mass is 434 g/mol. The van der Waals surface area contributed by atoms with Gasteiger partial charge in [-0.15, -0.1) is 0 Å². The van der Waals surface area contributed by atoms with Gasteiger partial charge in [0.05, 0.1) is 17.0 Å². The van der Waals surface area contributed by atoms with Crippen LogP contribution in [0.2, 0.25) is 0 Å². The second-order valence-corrected chi connectivity index (χ2v) is 9.47. The van der Waals surface area contributed by atoms with Crippen LogP contribution in [0.15, 0.2) is 53.6 Å². The van der Waals surface area contributed by atoms with Crippen molar-refractivity contribution in [1.29, 1.82) is 0 Å². The van der Waals surface area contributed by atoms with E-state index < -0.39 is 27.5 Å². The number of hydrogen-bond acceptors (Lipinski definition) is 5. The van der Waals surface area contributed by atoms with Gasteiger partial charge in [-0.05, 0) is 56.7 Å². The molecule has 0 saturated carbocycles. The largest absolute Gasteiger partial charge is 0.443 e. The van der Waals surface area contributed by atoms with E-state index in [1.54, 1.807) is 45.2 Å². The third-order valence-corrected chi connectivity index (χ3v) is 5.71. The Morgan fingerprint density at radius 1 is 1.17 bits per heavy atom. The van der Waals surface area contributed by atoms with E-state index in [0.717, 1.165) is 0 Å². The molecule has 0 atom stereocenters. The van der Waals surface area contributed by atoms with Gasteiger partial charge in [-0.1, -0.05) is 12.1 Å². The van der Waals surface area contributed by atoms with Gasteiger partial charge >= 0.3 is 6.09 Å². The van der Waals surface area contributed by atoms with E-state index in [2.05, 4.69) is 4.72 Å². The third-order valence-electron chi connectivity index (χ3n) is 4.24. The summed E-state index contributed by atoms with van der Waals surface area (Å²) in [4.78, 5) is 12.7. The van der Waals surface area contributed by atoms with Crippen molar-refractivity contribution in [2.45, 2.75) is 31.3 Å². The van der Waals surface area contributed by atoms with Crippen LogP contribution in [0.5, 0.6) is 0 Å². The molecule has 0 amide bonds. The molecule has 2 aromatic carbocycles. The number of sulfonamides is 1. The first-order chi connectivity index (χ1) is 14.0. The maximum Gasteiger partial charge on any atom is 0.419 e. The molecule has 0 spiro atoms. The van der Waals surface area contributed by atoms with E-state index in [4.69, 9.17) is 9.84 Å². The van der Waals surface area contributed by atoms with Crippen molar-refractivity contribution >= 4 is 27.0 Å². The Hall–Kier alpha value is -2.75. The maximum absolute atomic E-state index is 13.9. The summed E-state index contributed by atoms with van der Waals surface area (Å²) in [6, 6.07) is 10.2. The minimum Gasteiger partial charge on any atom is -0.443 e. The Morgan fingerprint density at radius 2 is 1.83 bits per heavy atom. The molecule has 0 bridgehead atoms. The molecule has 1 aromatic heterocycles. The van der Waals surface area contributed by atoms with Gasteiger partial charge in [0.2, 0.25) is 10.0 Å². The van der Waals surface area contributed by atoms with Crippen LogP contribution < -0.4 is 4.72 Å². The van der Waals surface area contributed by atoms with E-state index in [9.17, 15) is 17.6 Å². The number of carbonyl (C=O) groups is 1.